The second kappa shape index (κ2) is 10.5. The zero-order chi connectivity index (χ0) is 21.5. The first-order chi connectivity index (χ1) is 15.2. The van der Waals surface area contributed by atoms with Crippen LogP contribution in [-0.4, -0.2) is 83.4 Å². The van der Waals surface area contributed by atoms with E-state index in [9.17, 15) is 9.59 Å². The van der Waals surface area contributed by atoms with Crippen molar-refractivity contribution in [2.45, 2.75) is 25.4 Å². The maximum atomic E-state index is 13.0. The Balaban J connectivity index is 1.28. The Kier molecular flexibility index (Phi) is 7.27. The third-order valence-corrected chi connectivity index (χ3v) is 6.19. The van der Waals surface area contributed by atoms with Crippen molar-refractivity contribution in [1.82, 2.24) is 25.0 Å². The number of nitrogens with zero attached hydrogens (tertiary/aromatic N) is 4. The first-order valence-corrected chi connectivity index (χ1v) is 11.1. The molecule has 0 spiro atoms. The fourth-order valence-corrected chi connectivity index (χ4v) is 4.37. The first-order valence-electron chi connectivity index (χ1n) is 11.1. The van der Waals surface area contributed by atoms with Crippen LogP contribution >= 0.6 is 0 Å². The van der Waals surface area contributed by atoms with E-state index in [0.29, 0.717) is 19.6 Å². The van der Waals surface area contributed by atoms with Gasteiger partial charge in [0.05, 0.1) is 12.5 Å². The Bertz CT molecular complexity index is 853. The van der Waals surface area contributed by atoms with Crippen LogP contribution in [0.4, 0.5) is 0 Å². The molecule has 2 fully saturated rings. The highest BCUT2D eigenvalue weighted by atomic mass is 16.2. The molecule has 2 aromatic rings. The highest BCUT2D eigenvalue weighted by Gasteiger charge is 2.33. The minimum Gasteiger partial charge on any atom is -0.353 e. The minimum absolute atomic E-state index is 0.0251. The van der Waals surface area contributed by atoms with Gasteiger partial charge in [-0.3, -0.25) is 24.4 Å². The van der Waals surface area contributed by atoms with E-state index in [1.165, 1.54) is 11.1 Å². The van der Waals surface area contributed by atoms with E-state index in [4.69, 9.17) is 0 Å². The lowest BCUT2D eigenvalue weighted by Gasteiger charge is -2.38. The fourth-order valence-electron chi connectivity index (χ4n) is 4.37. The predicted molar refractivity (Wildman–Crippen MR) is 119 cm³/mol. The molecule has 1 aromatic carbocycles. The molecule has 1 aromatic heterocycles. The van der Waals surface area contributed by atoms with Gasteiger partial charge in [-0.1, -0.05) is 36.4 Å². The Morgan fingerprint density at radius 2 is 1.77 bits per heavy atom. The van der Waals surface area contributed by atoms with E-state index in [1.807, 2.05) is 35.4 Å². The van der Waals surface area contributed by atoms with E-state index >= 15 is 0 Å². The molecule has 0 unspecified atom stereocenters. The summed E-state index contributed by atoms with van der Waals surface area (Å²) in [7, 11) is 0. The molecule has 7 nitrogen and oxygen atoms in total. The Morgan fingerprint density at radius 3 is 2.52 bits per heavy atom. The zero-order valence-electron chi connectivity index (χ0n) is 17.9. The number of carbonyl (C=O) groups excluding carboxylic acids is 2. The molecule has 164 valence electrons. The minimum atomic E-state index is -0.376. The summed E-state index contributed by atoms with van der Waals surface area (Å²) in [4.78, 5) is 36.1. The normalized spacial score (nSPS) is 20.5. The second-order valence-electron chi connectivity index (χ2n) is 8.30. The molecule has 2 aliphatic rings. The molecule has 0 bridgehead atoms. The van der Waals surface area contributed by atoms with Gasteiger partial charge in [0.1, 0.15) is 0 Å². The molecule has 4 rings (SSSR count). The van der Waals surface area contributed by atoms with Crippen molar-refractivity contribution in [3.63, 3.8) is 0 Å². The van der Waals surface area contributed by atoms with Crippen LogP contribution in [0.15, 0.2) is 54.9 Å². The van der Waals surface area contributed by atoms with Crippen LogP contribution in [0.2, 0.25) is 0 Å². The van der Waals surface area contributed by atoms with E-state index in [2.05, 4.69) is 38.3 Å². The quantitative estimate of drug-likeness (QED) is 0.727. The van der Waals surface area contributed by atoms with E-state index in [1.54, 1.807) is 6.20 Å². The van der Waals surface area contributed by atoms with Crippen molar-refractivity contribution >= 4 is 11.8 Å². The molecule has 2 aliphatic heterocycles. The lowest BCUT2D eigenvalue weighted by atomic mass is 10.1. The summed E-state index contributed by atoms with van der Waals surface area (Å²) in [5, 5.41) is 2.94. The Morgan fingerprint density at radius 1 is 1.00 bits per heavy atom. The average molecular weight is 422 g/mol. The highest BCUT2D eigenvalue weighted by molar-refractivity contribution is 5.88. The summed E-state index contributed by atoms with van der Waals surface area (Å²) in [6, 6.07) is 13.9. The topological polar surface area (TPSA) is 68.8 Å². The van der Waals surface area contributed by atoms with Gasteiger partial charge in [0, 0.05) is 64.8 Å². The van der Waals surface area contributed by atoms with Gasteiger partial charge in [-0.2, -0.15) is 0 Å². The van der Waals surface area contributed by atoms with Gasteiger partial charge in [-0.05, 0) is 23.6 Å². The summed E-state index contributed by atoms with van der Waals surface area (Å²) < 4.78 is 0. The molecule has 7 heteroatoms. The predicted octanol–water partition coefficient (Wildman–Crippen LogP) is 1.16. The molecule has 0 aliphatic carbocycles. The van der Waals surface area contributed by atoms with Gasteiger partial charge < -0.3 is 10.2 Å². The van der Waals surface area contributed by atoms with Crippen LogP contribution in [0, 0.1) is 0 Å². The maximum Gasteiger partial charge on any atom is 0.237 e. The molecule has 0 saturated carbocycles. The smallest absolute Gasteiger partial charge is 0.237 e. The average Bonchev–Trinajstić information content (AvgIpc) is 2.81. The van der Waals surface area contributed by atoms with Crippen molar-refractivity contribution in [1.29, 1.82) is 0 Å². The monoisotopic (exact) mass is 421 g/mol. The first kappa shape index (κ1) is 21.5. The van der Waals surface area contributed by atoms with Gasteiger partial charge in [0.2, 0.25) is 11.8 Å². The standard InChI is InChI=1S/C24H31N5O2/c30-23(29-15-13-27(14-16-29)19-21-7-4-9-25-18-21)17-22-24(31)26-10-12-28(22)11-8-20-5-2-1-3-6-20/h1-7,9,18,22H,8,10-17,19H2,(H,26,31)/t22-/m1/s1. The molecule has 31 heavy (non-hydrogen) atoms. The number of piperazine rings is 2. The van der Waals surface area contributed by atoms with Crippen molar-refractivity contribution in [3.8, 4) is 0 Å². The van der Waals surface area contributed by atoms with E-state index in [0.717, 1.165) is 39.1 Å². The molecule has 2 saturated heterocycles. The number of nitrogens with one attached hydrogen (secondary N) is 1. The van der Waals surface area contributed by atoms with Gasteiger partial charge in [0.25, 0.3) is 0 Å². The summed E-state index contributed by atoms with van der Waals surface area (Å²) in [5.74, 6) is 0.0515. The van der Waals surface area contributed by atoms with Crippen LogP contribution < -0.4 is 5.32 Å². The molecule has 2 amide bonds. The molecule has 3 heterocycles. The van der Waals surface area contributed by atoms with Crippen LogP contribution in [0.3, 0.4) is 0 Å². The van der Waals surface area contributed by atoms with E-state index < -0.39 is 0 Å². The largest absolute Gasteiger partial charge is 0.353 e. The van der Waals surface area contributed by atoms with Gasteiger partial charge in [0.15, 0.2) is 0 Å². The third kappa shape index (κ3) is 5.89. The summed E-state index contributed by atoms with van der Waals surface area (Å²) in [6.07, 6.45) is 4.81. The summed E-state index contributed by atoms with van der Waals surface area (Å²) >= 11 is 0. The molecule has 0 radical (unpaired) electrons. The molecular formula is C24H31N5O2. The van der Waals surface area contributed by atoms with E-state index in [-0.39, 0.29) is 24.3 Å². The number of amides is 2. The van der Waals surface area contributed by atoms with Crippen molar-refractivity contribution in [2.24, 2.45) is 0 Å². The van der Waals surface area contributed by atoms with Crippen molar-refractivity contribution < 1.29 is 9.59 Å². The second-order valence-corrected chi connectivity index (χ2v) is 8.30. The summed E-state index contributed by atoms with van der Waals surface area (Å²) in [6.45, 7) is 6.17. The van der Waals surface area contributed by atoms with Gasteiger partial charge >= 0.3 is 0 Å². The molecular weight excluding hydrogens is 390 g/mol. The lowest BCUT2D eigenvalue weighted by Crippen LogP contribution is -2.58. The number of rotatable bonds is 7. The third-order valence-electron chi connectivity index (χ3n) is 6.19. The summed E-state index contributed by atoms with van der Waals surface area (Å²) in [5.41, 5.74) is 2.44. The number of carbonyl (C=O) groups is 2. The van der Waals surface area contributed by atoms with Crippen LogP contribution in [0.5, 0.6) is 0 Å². The van der Waals surface area contributed by atoms with Crippen LogP contribution in [0.25, 0.3) is 0 Å². The number of benzene rings is 1. The molecule has 1 atom stereocenters. The zero-order valence-corrected chi connectivity index (χ0v) is 17.9. The van der Waals surface area contributed by atoms with Gasteiger partial charge in [-0.25, -0.2) is 0 Å². The number of hydrogen-bond donors (Lipinski definition) is 1. The lowest BCUT2D eigenvalue weighted by molar-refractivity contribution is -0.140. The number of hydrogen-bond acceptors (Lipinski definition) is 5. The Labute approximate surface area is 184 Å². The van der Waals surface area contributed by atoms with Crippen molar-refractivity contribution in [2.75, 3.05) is 45.8 Å². The SMILES string of the molecule is O=C1NCCN(CCc2ccccc2)[C@@H]1CC(=O)N1CCN(Cc2cccnc2)CC1. The van der Waals surface area contributed by atoms with Crippen LogP contribution in [0.1, 0.15) is 17.5 Å². The number of pyridine rings is 1. The van der Waals surface area contributed by atoms with Crippen LogP contribution in [-0.2, 0) is 22.6 Å². The fraction of sp³-hybridized carbons (Fsp3) is 0.458. The van der Waals surface area contributed by atoms with Crippen molar-refractivity contribution in [3.05, 3.63) is 66.0 Å². The van der Waals surface area contributed by atoms with Gasteiger partial charge in [-0.15, -0.1) is 0 Å². The Hall–Kier alpha value is -2.77. The molecule has 1 N–H and O–H groups in total. The number of aromatic nitrogens is 1. The maximum absolute atomic E-state index is 13.0. The highest BCUT2D eigenvalue weighted by Crippen LogP contribution is 2.14.